The average molecular weight is 286 g/mol. The Hall–Kier alpha value is -1.83. The molecule has 4 heteroatoms. The van der Waals surface area contributed by atoms with Crippen LogP contribution >= 0.6 is 0 Å². The lowest BCUT2D eigenvalue weighted by Crippen LogP contribution is -2.53. The summed E-state index contributed by atoms with van der Waals surface area (Å²) in [6.07, 6.45) is 0.883. The maximum atomic E-state index is 11.7. The molecule has 1 fully saturated rings. The Morgan fingerprint density at radius 1 is 1.43 bits per heavy atom. The van der Waals surface area contributed by atoms with E-state index in [1.165, 1.54) is 5.56 Å². The van der Waals surface area contributed by atoms with Gasteiger partial charge >= 0.3 is 0 Å². The number of aliphatic hydroxyl groups excluding tert-OH is 1. The molecule has 1 heterocycles. The fourth-order valence-electron chi connectivity index (χ4n) is 2.75. The molecule has 1 amide bonds. The van der Waals surface area contributed by atoms with Gasteiger partial charge in [-0.1, -0.05) is 36.3 Å². The van der Waals surface area contributed by atoms with Crippen LogP contribution in [0.5, 0.6) is 0 Å². The van der Waals surface area contributed by atoms with Crippen LogP contribution in [-0.4, -0.2) is 41.7 Å². The van der Waals surface area contributed by atoms with Gasteiger partial charge in [0.25, 0.3) is 5.91 Å². The lowest BCUT2D eigenvalue weighted by Gasteiger charge is -2.38. The van der Waals surface area contributed by atoms with Gasteiger partial charge in [0, 0.05) is 31.7 Å². The fraction of sp³-hybridized carbons (Fsp3) is 0.471. The Morgan fingerprint density at radius 2 is 2.19 bits per heavy atom. The van der Waals surface area contributed by atoms with E-state index in [-0.39, 0.29) is 24.5 Å². The van der Waals surface area contributed by atoms with E-state index in [1.54, 1.807) is 6.92 Å². The predicted octanol–water partition coefficient (Wildman–Crippen LogP) is 1.01. The molecular weight excluding hydrogens is 264 g/mol. The topological polar surface area (TPSA) is 52.6 Å². The third kappa shape index (κ3) is 4.59. The van der Waals surface area contributed by atoms with Crippen LogP contribution in [0.1, 0.15) is 18.9 Å². The van der Waals surface area contributed by atoms with Crippen molar-refractivity contribution in [1.82, 2.24) is 10.2 Å². The Morgan fingerprint density at radius 3 is 2.86 bits per heavy atom. The van der Waals surface area contributed by atoms with Crippen LogP contribution in [0.25, 0.3) is 0 Å². The molecule has 4 nitrogen and oxygen atoms in total. The second-order valence-electron chi connectivity index (χ2n) is 5.41. The number of carbonyl (C=O) groups is 1. The highest BCUT2D eigenvalue weighted by Crippen LogP contribution is 2.19. The number of piperidine rings is 1. The predicted molar refractivity (Wildman–Crippen MR) is 82.3 cm³/mol. The highest BCUT2D eigenvalue weighted by Gasteiger charge is 2.29. The molecule has 1 aliphatic rings. The number of rotatable bonds is 4. The van der Waals surface area contributed by atoms with Gasteiger partial charge in [-0.2, -0.15) is 0 Å². The normalized spacial score (nSPS) is 22.2. The van der Waals surface area contributed by atoms with Crippen molar-refractivity contribution in [3.8, 4) is 11.8 Å². The van der Waals surface area contributed by atoms with Gasteiger partial charge in [-0.15, -0.1) is 0 Å². The number of aliphatic hydroxyl groups is 1. The van der Waals surface area contributed by atoms with Crippen molar-refractivity contribution >= 4 is 5.91 Å². The van der Waals surface area contributed by atoms with Gasteiger partial charge in [-0.3, -0.25) is 9.69 Å². The highest BCUT2D eigenvalue weighted by molar-refractivity contribution is 5.93. The molecule has 1 aromatic rings. The highest BCUT2D eigenvalue weighted by atomic mass is 16.3. The van der Waals surface area contributed by atoms with Crippen LogP contribution in [0.3, 0.4) is 0 Å². The molecule has 0 spiro atoms. The van der Waals surface area contributed by atoms with Crippen molar-refractivity contribution in [3.05, 3.63) is 35.9 Å². The third-order valence-electron chi connectivity index (χ3n) is 3.88. The zero-order valence-corrected chi connectivity index (χ0v) is 12.4. The van der Waals surface area contributed by atoms with Gasteiger partial charge in [-0.05, 0) is 31.4 Å². The molecule has 0 aromatic heterocycles. The van der Waals surface area contributed by atoms with Crippen LogP contribution in [-0.2, 0) is 11.3 Å². The summed E-state index contributed by atoms with van der Waals surface area (Å²) in [4.78, 5) is 14.0. The standard InChI is InChI=1S/C17H22N2O2/c1-2-6-17(21)18-16-12-19(10-9-15(16)13-20)11-14-7-4-3-5-8-14/h3-5,7-8,15-16,20H,9-13H2,1H3,(H,18,21)/t15-,16-/m1/s1. The molecule has 2 atom stereocenters. The third-order valence-corrected chi connectivity index (χ3v) is 3.88. The Labute approximate surface area is 126 Å². The van der Waals surface area contributed by atoms with Crippen molar-refractivity contribution in [3.63, 3.8) is 0 Å². The Kier molecular flexibility index (Phi) is 5.79. The largest absolute Gasteiger partial charge is 0.396 e. The van der Waals surface area contributed by atoms with Crippen LogP contribution in [0.15, 0.2) is 30.3 Å². The van der Waals surface area contributed by atoms with Gasteiger partial charge in [0.1, 0.15) is 0 Å². The van der Waals surface area contributed by atoms with Gasteiger partial charge in [0.05, 0.1) is 0 Å². The lowest BCUT2D eigenvalue weighted by molar-refractivity contribution is -0.117. The molecule has 1 saturated heterocycles. The fourth-order valence-corrected chi connectivity index (χ4v) is 2.75. The van der Waals surface area contributed by atoms with E-state index in [4.69, 9.17) is 0 Å². The zero-order valence-electron chi connectivity index (χ0n) is 12.4. The number of hydrogen-bond donors (Lipinski definition) is 2. The molecule has 0 bridgehead atoms. The average Bonchev–Trinajstić information content (AvgIpc) is 2.49. The molecule has 112 valence electrons. The first kappa shape index (κ1) is 15.6. The minimum Gasteiger partial charge on any atom is -0.396 e. The van der Waals surface area contributed by atoms with Crippen LogP contribution < -0.4 is 5.32 Å². The van der Waals surface area contributed by atoms with Crippen molar-refractivity contribution in [2.24, 2.45) is 5.92 Å². The number of nitrogens with zero attached hydrogens (tertiary/aromatic N) is 1. The summed E-state index contributed by atoms with van der Waals surface area (Å²) in [5.74, 6) is 4.95. The van der Waals surface area contributed by atoms with E-state index < -0.39 is 0 Å². The van der Waals surface area contributed by atoms with Gasteiger partial charge < -0.3 is 10.4 Å². The smallest absolute Gasteiger partial charge is 0.296 e. The molecule has 0 saturated carbocycles. The number of benzene rings is 1. The summed E-state index contributed by atoms with van der Waals surface area (Å²) >= 11 is 0. The molecule has 2 rings (SSSR count). The molecule has 0 aliphatic carbocycles. The van der Waals surface area contributed by atoms with E-state index in [1.807, 2.05) is 18.2 Å². The number of likely N-dealkylation sites (tertiary alicyclic amines) is 1. The summed E-state index contributed by atoms with van der Waals surface area (Å²) in [5, 5.41) is 12.4. The van der Waals surface area contributed by atoms with Crippen molar-refractivity contribution in [2.75, 3.05) is 19.7 Å². The van der Waals surface area contributed by atoms with E-state index in [9.17, 15) is 9.90 Å². The van der Waals surface area contributed by atoms with Crippen molar-refractivity contribution in [2.45, 2.75) is 25.9 Å². The molecule has 1 aliphatic heterocycles. The number of hydrogen-bond acceptors (Lipinski definition) is 3. The first-order valence-electron chi connectivity index (χ1n) is 7.33. The zero-order chi connectivity index (χ0) is 15.1. The van der Waals surface area contributed by atoms with Crippen LogP contribution in [0.4, 0.5) is 0 Å². The van der Waals surface area contributed by atoms with E-state index in [2.05, 4.69) is 34.2 Å². The SMILES string of the molecule is CC#CC(=O)N[C@@H]1CN(Cc2ccccc2)CC[C@@H]1CO. The lowest BCUT2D eigenvalue weighted by atomic mass is 9.92. The monoisotopic (exact) mass is 286 g/mol. The molecule has 0 unspecified atom stereocenters. The summed E-state index contributed by atoms with van der Waals surface area (Å²) in [6.45, 7) is 4.30. The second kappa shape index (κ2) is 7.82. The molecule has 1 aromatic carbocycles. The Bertz CT molecular complexity index is 519. The minimum absolute atomic E-state index is 0.0409. The number of carbonyl (C=O) groups excluding carboxylic acids is 1. The van der Waals surface area contributed by atoms with E-state index in [0.29, 0.717) is 0 Å². The summed E-state index contributed by atoms with van der Waals surface area (Å²) in [5.41, 5.74) is 1.26. The van der Waals surface area contributed by atoms with Gasteiger partial charge in [0.15, 0.2) is 0 Å². The summed E-state index contributed by atoms with van der Waals surface area (Å²) in [7, 11) is 0. The van der Waals surface area contributed by atoms with Gasteiger partial charge in [-0.25, -0.2) is 0 Å². The maximum Gasteiger partial charge on any atom is 0.296 e. The van der Waals surface area contributed by atoms with Crippen LogP contribution in [0.2, 0.25) is 0 Å². The van der Waals surface area contributed by atoms with Gasteiger partial charge in [0.2, 0.25) is 0 Å². The maximum absolute atomic E-state index is 11.7. The van der Waals surface area contributed by atoms with E-state index in [0.717, 1.165) is 26.1 Å². The van der Waals surface area contributed by atoms with Crippen molar-refractivity contribution in [1.29, 1.82) is 0 Å². The van der Waals surface area contributed by atoms with Crippen LogP contribution in [0, 0.1) is 17.8 Å². The Balaban J connectivity index is 1.97. The molecule has 21 heavy (non-hydrogen) atoms. The minimum atomic E-state index is -0.262. The summed E-state index contributed by atoms with van der Waals surface area (Å²) in [6, 6.07) is 10.2. The molecule has 2 N–H and O–H groups in total. The molecule has 0 radical (unpaired) electrons. The second-order valence-corrected chi connectivity index (χ2v) is 5.41. The molecular formula is C17H22N2O2. The van der Waals surface area contributed by atoms with Crippen molar-refractivity contribution < 1.29 is 9.90 Å². The van der Waals surface area contributed by atoms with E-state index >= 15 is 0 Å². The number of amides is 1. The first-order chi connectivity index (χ1) is 10.2. The summed E-state index contributed by atoms with van der Waals surface area (Å²) < 4.78 is 0. The quantitative estimate of drug-likeness (QED) is 0.812. The first-order valence-corrected chi connectivity index (χ1v) is 7.33. The number of nitrogens with one attached hydrogen (secondary N) is 1.